The molecular formula is C10H9FO2. The highest BCUT2D eigenvalue weighted by atomic mass is 19.1. The Bertz CT molecular complexity index is 345. The Morgan fingerprint density at radius 2 is 2.31 bits per heavy atom. The van der Waals surface area contributed by atoms with Crippen molar-refractivity contribution in [3.63, 3.8) is 0 Å². The molecule has 68 valence electrons. The monoisotopic (exact) mass is 180 g/mol. The van der Waals surface area contributed by atoms with Gasteiger partial charge >= 0.3 is 0 Å². The van der Waals surface area contributed by atoms with E-state index in [1.165, 1.54) is 25.3 Å². The molecule has 1 rings (SSSR count). The molecule has 2 nitrogen and oxygen atoms in total. The molecule has 13 heavy (non-hydrogen) atoms. The van der Waals surface area contributed by atoms with Crippen molar-refractivity contribution < 1.29 is 13.9 Å². The first-order valence-electron chi connectivity index (χ1n) is 3.73. The average Bonchev–Trinajstić information content (AvgIpc) is 2.08. The fourth-order valence-corrected chi connectivity index (χ4v) is 0.970. The minimum atomic E-state index is -0.457. The molecule has 0 bridgehead atoms. The summed E-state index contributed by atoms with van der Waals surface area (Å²) in [6, 6.07) is 3.76. The van der Waals surface area contributed by atoms with Crippen LogP contribution in [0.3, 0.4) is 0 Å². The number of rotatable bonds is 3. The molecule has 0 N–H and O–H groups in total. The first-order valence-corrected chi connectivity index (χ1v) is 3.73. The van der Waals surface area contributed by atoms with E-state index < -0.39 is 5.82 Å². The van der Waals surface area contributed by atoms with Crippen LogP contribution in [0.15, 0.2) is 31.0 Å². The maximum absolute atomic E-state index is 12.7. The summed E-state index contributed by atoms with van der Waals surface area (Å²) in [7, 11) is 0. The number of benzene rings is 1. The highest BCUT2D eigenvalue weighted by molar-refractivity contribution is 5.96. The summed E-state index contributed by atoms with van der Waals surface area (Å²) in [6.07, 6.45) is 1.19. The van der Waals surface area contributed by atoms with Crippen molar-refractivity contribution in [1.29, 1.82) is 0 Å². The second-order valence-corrected chi connectivity index (χ2v) is 2.48. The molecule has 0 saturated heterocycles. The first kappa shape index (κ1) is 9.45. The van der Waals surface area contributed by atoms with Crippen molar-refractivity contribution in [2.45, 2.75) is 6.92 Å². The average molecular weight is 180 g/mol. The lowest BCUT2D eigenvalue weighted by Gasteiger charge is -2.04. The van der Waals surface area contributed by atoms with Gasteiger partial charge in [-0.1, -0.05) is 6.58 Å². The molecule has 0 atom stereocenters. The minimum Gasteiger partial charge on any atom is -0.465 e. The molecule has 0 unspecified atom stereocenters. The highest BCUT2D eigenvalue weighted by Crippen LogP contribution is 2.20. The van der Waals surface area contributed by atoms with E-state index in [0.29, 0.717) is 5.75 Å². The van der Waals surface area contributed by atoms with E-state index in [0.717, 1.165) is 6.07 Å². The van der Waals surface area contributed by atoms with Crippen molar-refractivity contribution in [1.82, 2.24) is 0 Å². The van der Waals surface area contributed by atoms with E-state index in [1.54, 1.807) is 0 Å². The predicted molar refractivity (Wildman–Crippen MR) is 47.2 cm³/mol. The first-order chi connectivity index (χ1) is 6.15. The van der Waals surface area contributed by atoms with Gasteiger partial charge in [-0.3, -0.25) is 4.79 Å². The Morgan fingerprint density at radius 1 is 1.62 bits per heavy atom. The third-order valence-corrected chi connectivity index (χ3v) is 1.53. The van der Waals surface area contributed by atoms with Gasteiger partial charge in [-0.2, -0.15) is 0 Å². The van der Waals surface area contributed by atoms with Crippen LogP contribution in [-0.4, -0.2) is 5.78 Å². The zero-order valence-electron chi connectivity index (χ0n) is 7.21. The van der Waals surface area contributed by atoms with Crippen LogP contribution >= 0.6 is 0 Å². The Morgan fingerprint density at radius 3 is 2.85 bits per heavy atom. The van der Waals surface area contributed by atoms with Gasteiger partial charge in [0.15, 0.2) is 5.78 Å². The topological polar surface area (TPSA) is 26.3 Å². The molecule has 0 radical (unpaired) electrons. The van der Waals surface area contributed by atoms with E-state index >= 15 is 0 Å². The molecule has 0 saturated carbocycles. The number of ether oxygens (including phenoxy) is 1. The van der Waals surface area contributed by atoms with Crippen molar-refractivity contribution in [2.24, 2.45) is 0 Å². The van der Waals surface area contributed by atoms with Gasteiger partial charge in [-0.25, -0.2) is 4.39 Å². The number of Topliss-reactive ketones (excluding diaryl/α,β-unsaturated/α-hetero) is 1. The second-order valence-electron chi connectivity index (χ2n) is 2.48. The van der Waals surface area contributed by atoms with Gasteiger partial charge in [0.25, 0.3) is 0 Å². The molecule has 0 amide bonds. The van der Waals surface area contributed by atoms with Crippen molar-refractivity contribution >= 4 is 5.78 Å². The molecule has 1 aromatic rings. The summed E-state index contributed by atoms with van der Waals surface area (Å²) >= 11 is 0. The van der Waals surface area contributed by atoms with Crippen molar-refractivity contribution in [3.8, 4) is 5.75 Å². The molecule has 0 heterocycles. The quantitative estimate of drug-likeness (QED) is 0.527. The van der Waals surface area contributed by atoms with E-state index in [4.69, 9.17) is 4.74 Å². The smallest absolute Gasteiger partial charge is 0.163 e. The van der Waals surface area contributed by atoms with Gasteiger partial charge in [0.05, 0.1) is 11.8 Å². The van der Waals surface area contributed by atoms with E-state index in [-0.39, 0.29) is 11.3 Å². The Hall–Kier alpha value is -1.64. The van der Waals surface area contributed by atoms with E-state index in [1.807, 2.05) is 0 Å². The van der Waals surface area contributed by atoms with Crippen LogP contribution in [0.5, 0.6) is 5.75 Å². The minimum absolute atomic E-state index is 0.222. The third-order valence-electron chi connectivity index (χ3n) is 1.53. The zero-order valence-corrected chi connectivity index (χ0v) is 7.21. The number of hydrogen-bond donors (Lipinski definition) is 0. The lowest BCUT2D eigenvalue weighted by atomic mass is 10.1. The Labute approximate surface area is 75.6 Å². The highest BCUT2D eigenvalue weighted by Gasteiger charge is 2.08. The van der Waals surface area contributed by atoms with Gasteiger partial charge in [0.2, 0.25) is 0 Å². The van der Waals surface area contributed by atoms with Gasteiger partial charge in [0.1, 0.15) is 11.6 Å². The standard InChI is InChI=1S/C10H9FO2/c1-3-13-10-5-4-8(11)6-9(10)7(2)12/h3-6H,1H2,2H3. The lowest BCUT2D eigenvalue weighted by molar-refractivity contribution is 0.101. The molecule has 3 heteroatoms. The molecule has 0 fully saturated rings. The van der Waals surface area contributed by atoms with Crippen molar-refractivity contribution in [2.75, 3.05) is 0 Å². The van der Waals surface area contributed by atoms with Crippen molar-refractivity contribution in [3.05, 3.63) is 42.4 Å². The molecule has 0 aliphatic carbocycles. The number of carbonyl (C=O) groups is 1. The normalized spacial score (nSPS) is 9.38. The van der Waals surface area contributed by atoms with Crippen LogP contribution in [0.4, 0.5) is 4.39 Å². The molecule has 0 aliphatic heterocycles. The summed E-state index contributed by atoms with van der Waals surface area (Å²) in [4.78, 5) is 11.0. The van der Waals surface area contributed by atoms with Crippen LogP contribution < -0.4 is 4.74 Å². The van der Waals surface area contributed by atoms with Crippen LogP contribution in [-0.2, 0) is 0 Å². The number of hydrogen-bond acceptors (Lipinski definition) is 2. The van der Waals surface area contributed by atoms with Gasteiger partial charge in [0, 0.05) is 0 Å². The Kier molecular flexibility index (Phi) is 2.80. The van der Waals surface area contributed by atoms with E-state index in [9.17, 15) is 9.18 Å². The van der Waals surface area contributed by atoms with Crippen LogP contribution in [0.1, 0.15) is 17.3 Å². The van der Waals surface area contributed by atoms with Gasteiger partial charge in [-0.05, 0) is 25.1 Å². The summed E-state index contributed by atoms with van der Waals surface area (Å²) < 4.78 is 17.6. The summed E-state index contributed by atoms with van der Waals surface area (Å²) in [5, 5.41) is 0. The maximum Gasteiger partial charge on any atom is 0.163 e. The number of halogens is 1. The zero-order chi connectivity index (χ0) is 9.84. The maximum atomic E-state index is 12.7. The van der Waals surface area contributed by atoms with E-state index in [2.05, 4.69) is 6.58 Å². The molecular weight excluding hydrogens is 171 g/mol. The third kappa shape index (κ3) is 2.15. The van der Waals surface area contributed by atoms with Crippen LogP contribution in [0, 0.1) is 5.82 Å². The predicted octanol–water partition coefficient (Wildman–Crippen LogP) is 2.55. The van der Waals surface area contributed by atoms with Crippen LogP contribution in [0.2, 0.25) is 0 Å². The van der Waals surface area contributed by atoms with Gasteiger partial charge < -0.3 is 4.74 Å². The fourth-order valence-electron chi connectivity index (χ4n) is 0.970. The molecule has 0 aliphatic rings. The number of carbonyl (C=O) groups excluding carboxylic acids is 1. The number of ketones is 1. The fraction of sp³-hybridized carbons (Fsp3) is 0.100. The SMILES string of the molecule is C=COc1ccc(F)cc1C(C)=O. The summed E-state index contributed by atoms with van der Waals surface area (Å²) in [5.74, 6) is -0.373. The molecule has 0 spiro atoms. The second kappa shape index (κ2) is 3.85. The molecule has 0 aromatic heterocycles. The largest absolute Gasteiger partial charge is 0.465 e. The lowest BCUT2D eigenvalue weighted by Crippen LogP contribution is -1.97. The van der Waals surface area contributed by atoms with Crippen LogP contribution in [0.25, 0.3) is 0 Å². The summed E-state index contributed by atoms with van der Waals surface area (Å²) in [6.45, 7) is 4.70. The molecule has 1 aromatic carbocycles. The Balaban J connectivity index is 3.17. The summed E-state index contributed by atoms with van der Waals surface area (Å²) in [5.41, 5.74) is 0.222. The van der Waals surface area contributed by atoms with Gasteiger partial charge in [-0.15, -0.1) is 0 Å².